The molecular formula is C22H24ClN7S. The number of nitrogens with zero attached hydrogens (tertiary/aromatic N) is 4. The third-order valence-electron chi connectivity index (χ3n) is 6.52. The predicted molar refractivity (Wildman–Crippen MR) is 125 cm³/mol. The molecule has 3 aromatic rings. The van der Waals surface area contributed by atoms with E-state index in [4.69, 9.17) is 28.8 Å². The molecule has 31 heavy (non-hydrogen) atoms. The summed E-state index contributed by atoms with van der Waals surface area (Å²) in [7, 11) is 0. The summed E-state index contributed by atoms with van der Waals surface area (Å²) in [6.07, 6.45) is 6.33. The van der Waals surface area contributed by atoms with Gasteiger partial charge in [-0.25, -0.2) is 15.0 Å². The van der Waals surface area contributed by atoms with Gasteiger partial charge in [0.05, 0.1) is 11.2 Å². The summed E-state index contributed by atoms with van der Waals surface area (Å²) < 4.78 is 0. The van der Waals surface area contributed by atoms with Crippen LogP contribution in [0.1, 0.15) is 24.0 Å². The van der Waals surface area contributed by atoms with E-state index in [2.05, 4.69) is 44.1 Å². The zero-order valence-electron chi connectivity index (χ0n) is 17.0. The number of rotatable bonds is 3. The maximum Gasteiger partial charge on any atom is 0.158 e. The quantitative estimate of drug-likeness (QED) is 0.552. The highest BCUT2D eigenvalue weighted by Gasteiger charge is 2.46. The van der Waals surface area contributed by atoms with Gasteiger partial charge in [0.1, 0.15) is 16.7 Å². The van der Waals surface area contributed by atoms with E-state index in [-0.39, 0.29) is 17.3 Å². The van der Waals surface area contributed by atoms with Crippen molar-refractivity contribution in [3.05, 3.63) is 58.9 Å². The fourth-order valence-corrected chi connectivity index (χ4v) is 5.84. The molecule has 1 aliphatic carbocycles. The van der Waals surface area contributed by atoms with Gasteiger partial charge in [-0.1, -0.05) is 47.6 Å². The van der Waals surface area contributed by atoms with Crippen LogP contribution < -0.4 is 22.1 Å². The molecule has 0 amide bonds. The first-order valence-corrected chi connectivity index (χ1v) is 11.5. The smallest absolute Gasteiger partial charge is 0.158 e. The van der Waals surface area contributed by atoms with Gasteiger partial charge in [0, 0.05) is 35.6 Å². The zero-order valence-corrected chi connectivity index (χ0v) is 18.5. The number of hydrogen-bond donors (Lipinski definition) is 3. The Labute approximate surface area is 190 Å². The lowest BCUT2D eigenvalue weighted by Gasteiger charge is -2.43. The SMILES string of the molecule is Nc1nc(N2CCC3(CC2)c2ccccc2C[C@H]3N)cnc1Sc1ccnc(N)c1Cl. The number of nitrogens with two attached hydrogens (primary N) is 3. The topological polar surface area (TPSA) is 120 Å². The maximum absolute atomic E-state index is 6.63. The van der Waals surface area contributed by atoms with E-state index in [0.29, 0.717) is 15.9 Å². The first-order chi connectivity index (χ1) is 15.0. The summed E-state index contributed by atoms with van der Waals surface area (Å²) in [5, 5.41) is 0.990. The molecule has 2 aliphatic rings. The van der Waals surface area contributed by atoms with Crippen LogP contribution in [-0.2, 0) is 11.8 Å². The molecule has 7 nitrogen and oxygen atoms in total. The molecule has 1 saturated heterocycles. The van der Waals surface area contributed by atoms with Crippen molar-refractivity contribution in [1.82, 2.24) is 15.0 Å². The average Bonchev–Trinajstić information content (AvgIpc) is 3.04. The number of fused-ring (bicyclic) bond motifs is 2. The number of hydrogen-bond acceptors (Lipinski definition) is 8. The van der Waals surface area contributed by atoms with E-state index < -0.39 is 0 Å². The minimum absolute atomic E-state index is 0.0554. The first-order valence-electron chi connectivity index (χ1n) is 10.3. The van der Waals surface area contributed by atoms with Crippen molar-refractivity contribution in [1.29, 1.82) is 0 Å². The molecule has 160 valence electrons. The van der Waals surface area contributed by atoms with E-state index in [1.54, 1.807) is 18.5 Å². The Morgan fingerprint density at radius 2 is 1.84 bits per heavy atom. The molecule has 1 aromatic carbocycles. The van der Waals surface area contributed by atoms with Crippen molar-refractivity contribution in [3.63, 3.8) is 0 Å². The first kappa shape index (κ1) is 20.4. The van der Waals surface area contributed by atoms with E-state index in [0.717, 1.165) is 43.1 Å². The fraction of sp³-hybridized carbons (Fsp3) is 0.318. The number of aromatic nitrogens is 3. The van der Waals surface area contributed by atoms with Crippen molar-refractivity contribution in [2.24, 2.45) is 5.73 Å². The van der Waals surface area contributed by atoms with Gasteiger partial charge in [-0.05, 0) is 36.5 Å². The minimum atomic E-state index is 0.0554. The summed E-state index contributed by atoms with van der Waals surface area (Å²) in [5.74, 6) is 1.44. The predicted octanol–water partition coefficient (Wildman–Crippen LogP) is 3.26. The van der Waals surface area contributed by atoms with Gasteiger partial charge in [-0.3, -0.25) is 0 Å². The van der Waals surface area contributed by atoms with Gasteiger partial charge in [-0.2, -0.15) is 0 Å². The monoisotopic (exact) mass is 453 g/mol. The molecule has 6 N–H and O–H groups in total. The fourth-order valence-electron chi connectivity index (χ4n) is 4.83. The molecule has 0 radical (unpaired) electrons. The molecule has 1 atom stereocenters. The molecule has 0 unspecified atom stereocenters. The van der Waals surface area contributed by atoms with E-state index in [1.807, 2.05) is 0 Å². The maximum atomic E-state index is 6.63. The molecule has 1 spiro atoms. The number of halogens is 1. The lowest BCUT2D eigenvalue weighted by atomic mass is 9.71. The van der Waals surface area contributed by atoms with Crippen LogP contribution in [0.5, 0.6) is 0 Å². The molecule has 2 aromatic heterocycles. The van der Waals surface area contributed by atoms with E-state index >= 15 is 0 Å². The van der Waals surface area contributed by atoms with Gasteiger partial charge in [0.2, 0.25) is 0 Å². The highest BCUT2D eigenvalue weighted by Crippen LogP contribution is 2.46. The second-order valence-corrected chi connectivity index (χ2v) is 9.55. The molecular weight excluding hydrogens is 430 g/mol. The number of nitrogen functional groups attached to an aromatic ring is 2. The van der Waals surface area contributed by atoms with Gasteiger partial charge in [0.25, 0.3) is 0 Å². The van der Waals surface area contributed by atoms with Crippen molar-refractivity contribution in [2.75, 3.05) is 29.5 Å². The Morgan fingerprint density at radius 1 is 1.06 bits per heavy atom. The Kier molecular flexibility index (Phi) is 5.16. The van der Waals surface area contributed by atoms with Crippen molar-refractivity contribution in [2.45, 2.75) is 40.6 Å². The van der Waals surface area contributed by atoms with Crippen LogP contribution in [0.25, 0.3) is 0 Å². The Bertz CT molecular complexity index is 1130. The number of pyridine rings is 1. The van der Waals surface area contributed by atoms with Crippen LogP contribution in [0.15, 0.2) is 52.6 Å². The standard InChI is InChI=1S/C22H24ClN7S/c23-18-15(5-8-27-19(18)25)31-21-20(26)29-17(12-28-21)30-9-6-22(7-10-30)14-4-2-1-3-13(14)11-16(22)24/h1-5,8,12,16H,6-7,9-11,24H2,(H2,25,27)(H2,26,29)/t16-/m1/s1. The lowest BCUT2D eigenvalue weighted by Crippen LogP contribution is -2.50. The summed E-state index contributed by atoms with van der Waals surface area (Å²) >= 11 is 7.57. The van der Waals surface area contributed by atoms with E-state index in [1.165, 1.54) is 22.9 Å². The van der Waals surface area contributed by atoms with Gasteiger partial charge < -0.3 is 22.1 Å². The molecule has 3 heterocycles. The lowest BCUT2D eigenvalue weighted by molar-refractivity contribution is 0.292. The summed E-state index contributed by atoms with van der Waals surface area (Å²) in [4.78, 5) is 16.1. The Balaban J connectivity index is 1.32. The third kappa shape index (κ3) is 3.48. The van der Waals surface area contributed by atoms with Crippen molar-refractivity contribution < 1.29 is 0 Å². The van der Waals surface area contributed by atoms with E-state index in [9.17, 15) is 0 Å². The second kappa shape index (κ2) is 7.85. The zero-order chi connectivity index (χ0) is 21.6. The minimum Gasteiger partial charge on any atom is -0.382 e. The summed E-state index contributed by atoms with van der Waals surface area (Å²) in [6, 6.07) is 10.6. The highest BCUT2D eigenvalue weighted by atomic mass is 35.5. The molecule has 1 fully saturated rings. The van der Waals surface area contributed by atoms with Crippen LogP contribution in [0, 0.1) is 0 Å². The second-order valence-electron chi connectivity index (χ2n) is 8.14. The summed E-state index contributed by atoms with van der Waals surface area (Å²) in [6.45, 7) is 1.74. The third-order valence-corrected chi connectivity index (χ3v) is 8.10. The Morgan fingerprint density at radius 3 is 2.61 bits per heavy atom. The van der Waals surface area contributed by atoms with Crippen molar-refractivity contribution >= 4 is 40.8 Å². The van der Waals surface area contributed by atoms with Gasteiger partial charge in [0.15, 0.2) is 5.82 Å². The molecule has 0 saturated carbocycles. The van der Waals surface area contributed by atoms with Crippen molar-refractivity contribution in [3.8, 4) is 0 Å². The largest absolute Gasteiger partial charge is 0.382 e. The molecule has 0 bridgehead atoms. The van der Waals surface area contributed by atoms with Crippen LogP contribution in [0.4, 0.5) is 17.5 Å². The highest BCUT2D eigenvalue weighted by molar-refractivity contribution is 7.99. The Hall–Kier alpha value is -2.55. The normalized spacial score (nSPS) is 19.5. The number of piperidine rings is 1. The van der Waals surface area contributed by atoms with Gasteiger partial charge in [-0.15, -0.1) is 0 Å². The molecule has 9 heteroatoms. The van der Waals surface area contributed by atoms with Gasteiger partial charge >= 0.3 is 0 Å². The average molecular weight is 454 g/mol. The number of benzene rings is 1. The molecule has 1 aliphatic heterocycles. The molecule has 5 rings (SSSR count). The van der Waals surface area contributed by atoms with Crippen LogP contribution in [0.3, 0.4) is 0 Å². The van der Waals surface area contributed by atoms with Crippen LogP contribution in [-0.4, -0.2) is 34.1 Å². The number of anilines is 3. The van der Waals surface area contributed by atoms with Crippen LogP contribution >= 0.6 is 23.4 Å². The van der Waals surface area contributed by atoms with Crippen LogP contribution in [0.2, 0.25) is 5.02 Å². The summed E-state index contributed by atoms with van der Waals surface area (Å²) in [5.41, 5.74) is 21.5.